The van der Waals surface area contributed by atoms with Gasteiger partial charge in [0.2, 0.25) is 0 Å². The second-order valence-electron chi connectivity index (χ2n) is 6.59. The summed E-state index contributed by atoms with van der Waals surface area (Å²) < 4.78 is 26.8. The van der Waals surface area contributed by atoms with Crippen LogP contribution in [0.3, 0.4) is 0 Å². The lowest BCUT2D eigenvalue weighted by atomic mass is 10.1. The van der Waals surface area contributed by atoms with Crippen LogP contribution in [0.5, 0.6) is 0 Å². The lowest BCUT2D eigenvalue weighted by Gasteiger charge is -2.33. The van der Waals surface area contributed by atoms with Crippen LogP contribution in [0.1, 0.15) is 24.0 Å². The average Bonchev–Trinajstić information content (AvgIpc) is 2.73. The average molecular weight is 416 g/mol. The van der Waals surface area contributed by atoms with Gasteiger partial charge in [-0.3, -0.25) is 9.98 Å². The molecule has 5 nitrogen and oxygen atoms in total. The zero-order valence-electron chi connectivity index (χ0n) is 16.0. The molecule has 29 heavy (non-hydrogen) atoms. The summed E-state index contributed by atoms with van der Waals surface area (Å²) in [5, 5.41) is 3.26. The molecule has 1 aliphatic rings. The van der Waals surface area contributed by atoms with Crippen LogP contribution in [0.15, 0.2) is 54.6 Å². The first-order chi connectivity index (χ1) is 14.0. The smallest absolute Gasteiger partial charge is 0.251 e. The molecule has 0 bridgehead atoms. The summed E-state index contributed by atoms with van der Waals surface area (Å²) >= 11 is 1.54. The largest absolute Gasteiger partial charge is 0.371 e. The predicted molar refractivity (Wildman–Crippen MR) is 119 cm³/mol. The molecule has 2 aromatic rings. The molecule has 2 aromatic heterocycles. The van der Waals surface area contributed by atoms with Crippen molar-refractivity contribution < 1.29 is 8.78 Å². The summed E-state index contributed by atoms with van der Waals surface area (Å²) in [6, 6.07) is 5.72. The van der Waals surface area contributed by atoms with Gasteiger partial charge in [0.05, 0.1) is 5.88 Å². The van der Waals surface area contributed by atoms with E-state index >= 15 is 0 Å². The van der Waals surface area contributed by atoms with Gasteiger partial charge in [0, 0.05) is 72.9 Å². The normalized spacial score (nSPS) is 16.3. The van der Waals surface area contributed by atoms with Gasteiger partial charge in [0.1, 0.15) is 5.82 Å². The highest BCUT2D eigenvalue weighted by molar-refractivity contribution is 8.08. The standard InChI is InChI=1S/C21H23F2N5S/c1-3-16-10-17(13-25-12-16)19(14-24-2)29-15-27-20-11-18(4-7-26-20)28-8-5-21(22,23)6-9-28/h3-4,7,10-14H,1-2,5-6,8-9,15H2,(H,26,27)/b19-14-. The molecule has 0 atom stereocenters. The van der Waals surface area contributed by atoms with Crippen LogP contribution < -0.4 is 10.2 Å². The molecular formula is C21H23F2N5S. The Labute approximate surface area is 173 Å². The summed E-state index contributed by atoms with van der Waals surface area (Å²) in [7, 11) is 0. The summed E-state index contributed by atoms with van der Waals surface area (Å²) in [6.45, 7) is 7.99. The Kier molecular flexibility index (Phi) is 6.98. The van der Waals surface area contributed by atoms with Gasteiger partial charge in [-0.15, -0.1) is 11.8 Å². The van der Waals surface area contributed by atoms with Gasteiger partial charge >= 0.3 is 0 Å². The third kappa shape index (κ3) is 5.87. The van der Waals surface area contributed by atoms with Crippen LogP contribution in [-0.4, -0.2) is 41.6 Å². The number of aromatic nitrogens is 2. The number of piperidine rings is 1. The van der Waals surface area contributed by atoms with Gasteiger partial charge in [-0.1, -0.05) is 12.7 Å². The predicted octanol–water partition coefficient (Wildman–Crippen LogP) is 5.16. The zero-order valence-corrected chi connectivity index (χ0v) is 16.8. The van der Waals surface area contributed by atoms with Crippen LogP contribution >= 0.6 is 11.8 Å². The minimum atomic E-state index is -2.55. The molecule has 0 aromatic carbocycles. The topological polar surface area (TPSA) is 53.4 Å². The number of thioether (sulfide) groups is 1. The number of hydrogen-bond donors (Lipinski definition) is 1. The molecule has 0 unspecified atom stereocenters. The molecule has 1 aliphatic heterocycles. The summed E-state index contributed by atoms with van der Waals surface area (Å²) in [4.78, 5) is 15.3. The van der Waals surface area contributed by atoms with Gasteiger partial charge in [0.15, 0.2) is 0 Å². The molecule has 3 heterocycles. The van der Waals surface area contributed by atoms with Crippen molar-refractivity contribution in [2.75, 3.05) is 29.2 Å². The summed E-state index contributed by atoms with van der Waals surface area (Å²) in [5.41, 5.74) is 2.75. The molecule has 0 saturated carbocycles. The highest BCUT2D eigenvalue weighted by Gasteiger charge is 2.34. The highest BCUT2D eigenvalue weighted by Crippen LogP contribution is 2.31. The number of rotatable bonds is 8. The Bertz CT molecular complexity index is 890. The van der Waals surface area contributed by atoms with Gasteiger partial charge in [-0.25, -0.2) is 13.8 Å². The summed E-state index contributed by atoms with van der Waals surface area (Å²) in [5.74, 6) is -1.31. The maximum atomic E-state index is 13.4. The van der Waals surface area contributed by atoms with Crippen LogP contribution in [0.25, 0.3) is 11.0 Å². The van der Waals surface area contributed by atoms with Crippen molar-refractivity contribution in [2.45, 2.75) is 18.8 Å². The fourth-order valence-corrected chi connectivity index (χ4v) is 3.78. The molecule has 152 valence electrons. The molecule has 1 saturated heterocycles. The minimum absolute atomic E-state index is 0.117. The van der Waals surface area contributed by atoms with Gasteiger partial charge < -0.3 is 10.2 Å². The second kappa shape index (κ2) is 9.65. The maximum absolute atomic E-state index is 13.4. The van der Waals surface area contributed by atoms with Crippen LogP contribution in [0.2, 0.25) is 0 Å². The van der Waals surface area contributed by atoms with E-state index in [-0.39, 0.29) is 12.8 Å². The quantitative estimate of drug-likeness (QED) is 0.477. The van der Waals surface area contributed by atoms with E-state index in [4.69, 9.17) is 0 Å². The fourth-order valence-electron chi connectivity index (χ4n) is 2.97. The number of nitrogens with zero attached hydrogens (tertiary/aromatic N) is 4. The second-order valence-corrected chi connectivity index (χ2v) is 7.61. The Balaban J connectivity index is 1.61. The number of nitrogens with one attached hydrogen (secondary N) is 1. The van der Waals surface area contributed by atoms with E-state index in [1.165, 1.54) is 0 Å². The van der Waals surface area contributed by atoms with E-state index in [0.29, 0.717) is 24.8 Å². The molecule has 0 radical (unpaired) electrons. The fraction of sp³-hybridized carbons (Fsp3) is 0.286. The first-order valence-corrected chi connectivity index (χ1v) is 10.2. The van der Waals surface area contributed by atoms with Crippen molar-refractivity contribution in [1.82, 2.24) is 9.97 Å². The molecule has 0 amide bonds. The van der Waals surface area contributed by atoms with E-state index in [1.807, 2.05) is 23.1 Å². The Hall–Kier alpha value is -2.74. The van der Waals surface area contributed by atoms with Crippen molar-refractivity contribution in [3.05, 3.63) is 60.7 Å². The van der Waals surface area contributed by atoms with Gasteiger partial charge in [-0.2, -0.15) is 0 Å². The highest BCUT2D eigenvalue weighted by atomic mass is 32.2. The number of aliphatic imine (C=N–C) groups is 1. The number of pyridine rings is 2. The van der Waals surface area contributed by atoms with Crippen molar-refractivity contribution >= 4 is 41.0 Å². The lowest BCUT2D eigenvalue weighted by Crippen LogP contribution is -2.39. The zero-order chi connectivity index (χ0) is 20.7. The monoisotopic (exact) mass is 415 g/mol. The van der Waals surface area contributed by atoms with E-state index in [9.17, 15) is 8.78 Å². The van der Waals surface area contributed by atoms with E-state index in [1.54, 1.807) is 42.6 Å². The van der Waals surface area contributed by atoms with Crippen molar-refractivity contribution in [1.29, 1.82) is 0 Å². The Morgan fingerprint density at radius 1 is 1.31 bits per heavy atom. The maximum Gasteiger partial charge on any atom is 0.251 e. The molecule has 3 rings (SSSR count). The van der Waals surface area contributed by atoms with E-state index in [2.05, 4.69) is 33.6 Å². The molecule has 8 heteroatoms. The van der Waals surface area contributed by atoms with Crippen molar-refractivity contribution in [3.8, 4) is 0 Å². The first-order valence-electron chi connectivity index (χ1n) is 9.20. The number of hydrogen-bond acceptors (Lipinski definition) is 6. The van der Waals surface area contributed by atoms with Crippen LogP contribution in [-0.2, 0) is 0 Å². The van der Waals surface area contributed by atoms with Crippen molar-refractivity contribution in [2.24, 2.45) is 4.99 Å². The molecule has 1 N–H and O–H groups in total. The molecular weight excluding hydrogens is 392 g/mol. The first kappa shape index (κ1) is 21.0. The van der Waals surface area contributed by atoms with E-state index in [0.717, 1.165) is 21.7 Å². The third-order valence-electron chi connectivity index (χ3n) is 4.57. The van der Waals surface area contributed by atoms with Crippen LogP contribution in [0, 0.1) is 0 Å². The molecule has 0 spiro atoms. The lowest BCUT2D eigenvalue weighted by molar-refractivity contribution is -0.0220. The third-order valence-corrected chi connectivity index (χ3v) is 5.51. The molecule has 0 aliphatic carbocycles. The van der Waals surface area contributed by atoms with E-state index < -0.39 is 5.92 Å². The van der Waals surface area contributed by atoms with Crippen molar-refractivity contribution in [3.63, 3.8) is 0 Å². The summed E-state index contributed by atoms with van der Waals surface area (Å²) in [6.07, 6.45) is 8.39. The SMILES string of the molecule is C=Cc1cncc(/C(=C/N=C)SCNc2cc(N3CCC(F)(F)CC3)ccn2)c1. The van der Waals surface area contributed by atoms with Crippen LogP contribution in [0.4, 0.5) is 20.3 Å². The Morgan fingerprint density at radius 3 is 2.83 bits per heavy atom. The molecule has 1 fully saturated rings. The number of alkyl halides is 2. The van der Waals surface area contributed by atoms with Gasteiger partial charge in [-0.05, 0) is 24.4 Å². The number of halogens is 2. The minimum Gasteiger partial charge on any atom is -0.371 e. The van der Waals surface area contributed by atoms with Gasteiger partial charge in [0.25, 0.3) is 5.92 Å². The Morgan fingerprint density at radius 2 is 2.10 bits per heavy atom. The number of anilines is 2.